The van der Waals surface area contributed by atoms with Crippen molar-refractivity contribution < 1.29 is 79.6 Å². The molecule has 0 fully saturated rings. The third kappa shape index (κ3) is 21.3. The van der Waals surface area contributed by atoms with Gasteiger partial charge in [-0.25, -0.2) is 9.59 Å². The van der Waals surface area contributed by atoms with E-state index >= 15 is 0 Å². The van der Waals surface area contributed by atoms with Crippen LogP contribution in [0.3, 0.4) is 0 Å². The summed E-state index contributed by atoms with van der Waals surface area (Å²) in [5.41, 5.74) is 15.1. The number of aromatic nitrogens is 4. The number of ether oxygens (including phenoxy) is 4. The van der Waals surface area contributed by atoms with E-state index in [0.29, 0.717) is 66.6 Å². The molecule has 4 heterocycles. The summed E-state index contributed by atoms with van der Waals surface area (Å²) in [6.07, 6.45) is 20.6. The number of hydrogen-bond donors (Lipinski definition) is 10. The highest BCUT2D eigenvalue weighted by Gasteiger charge is 2.24. The number of carbonyl (C=O) groups is 2. The number of aromatic hydroxyl groups is 6. The number of fused-ring (bicyclic) bond motifs is 4. The number of benzene rings is 9. The SMILES string of the molecule is CCCCc1ccc(O)c(Cn2cc(CC(O)COC(=O)c3ccccc3)c3ccccc32)c1O.CCCCc1ccc(O)c(Cn2cc(CCO)c3cc(C(=O)OC)ccc32)c1O.CCCCc1ccc(O)c(Cn2cc(CCO)c3ccccc32)c1O.CCCCc1ccc(OC)c(Cn2cc(CCO)c3ccccc32)c1OC. The molecule has 0 aliphatic rings. The van der Waals surface area contributed by atoms with Gasteiger partial charge in [-0.05, 0) is 188 Å². The molecule has 20 nitrogen and oxygen atoms in total. The van der Waals surface area contributed by atoms with E-state index in [4.69, 9.17) is 18.9 Å². The van der Waals surface area contributed by atoms with E-state index in [9.17, 15) is 60.7 Å². The highest BCUT2D eigenvalue weighted by atomic mass is 16.5. The number of aliphatic hydroxyl groups is 4. The molecule has 13 aromatic rings. The van der Waals surface area contributed by atoms with Gasteiger partial charge in [-0.2, -0.15) is 0 Å². The van der Waals surface area contributed by atoms with Gasteiger partial charge in [0.25, 0.3) is 0 Å². The van der Waals surface area contributed by atoms with Gasteiger partial charge >= 0.3 is 11.9 Å². The van der Waals surface area contributed by atoms with Gasteiger partial charge in [0.1, 0.15) is 52.6 Å². The van der Waals surface area contributed by atoms with E-state index in [-0.39, 0.29) is 74.0 Å². The number of aryl methyl sites for hydroxylation is 4. The van der Waals surface area contributed by atoms with Crippen LogP contribution in [0.1, 0.15) is 167 Å². The summed E-state index contributed by atoms with van der Waals surface area (Å²) in [4.78, 5) is 24.1. The molecule has 20 heteroatoms. The Morgan fingerprint density at radius 1 is 0.362 bits per heavy atom. The molecule has 0 saturated carbocycles. The summed E-state index contributed by atoms with van der Waals surface area (Å²) in [6.45, 7) is 10.2. The lowest BCUT2D eigenvalue weighted by Gasteiger charge is -2.18. The summed E-state index contributed by atoms with van der Waals surface area (Å²) in [5.74, 6) is 1.51. The lowest BCUT2D eigenvalue weighted by atomic mass is 10.0. The summed E-state index contributed by atoms with van der Waals surface area (Å²) in [6, 6.07) is 52.5. The molecule has 0 saturated heterocycles. The maximum absolute atomic E-state index is 12.2. The molecule has 0 bridgehead atoms. The van der Waals surface area contributed by atoms with Crippen LogP contribution >= 0.6 is 0 Å². The van der Waals surface area contributed by atoms with Crippen LogP contribution in [-0.2, 0) is 87.0 Å². The first-order chi connectivity index (χ1) is 56.3. The van der Waals surface area contributed by atoms with Crippen molar-refractivity contribution >= 4 is 55.6 Å². The van der Waals surface area contributed by atoms with Crippen molar-refractivity contribution in [3.05, 3.63) is 273 Å². The van der Waals surface area contributed by atoms with Gasteiger partial charge in [0.2, 0.25) is 0 Å². The zero-order valence-electron chi connectivity index (χ0n) is 67.7. The van der Waals surface area contributed by atoms with E-state index in [1.807, 2.05) is 111 Å². The second-order valence-corrected chi connectivity index (χ2v) is 29.2. The fraction of sp³-hybridized carbons (Fsp3) is 0.333. The summed E-state index contributed by atoms with van der Waals surface area (Å²) >= 11 is 0. The topological polar surface area (TPSA) is 293 Å². The molecular weight excluding hydrogens is 1470 g/mol. The van der Waals surface area contributed by atoms with Gasteiger partial charge < -0.3 is 88.3 Å². The number of methoxy groups -OCH3 is 3. The van der Waals surface area contributed by atoms with Crippen LogP contribution in [0.5, 0.6) is 46.0 Å². The molecular formula is C96H112N4O16. The molecule has 4 aromatic heterocycles. The smallest absolute Gasteiger partial charge is 0.338 e. The average molecular weight is 1580 g/mol. The Kier molecular flexibility index (Phi) is 31.9. The lowest BCUT2D eigenvalue weighted by molar-refractivity contribution is 0.0259. The van der Waals surface area contributed by atoms with Crippen molar-refractivity contribution in [2.24, 2.45) is 0 Å². The first-order valence-electron chi connectivity index (χ1n) is 40.3. The number of rotatable bonds is 34. The van der Waals surface area contributed by atoms with Crippen LogP contribution < -0.4 is 9.47 Å². The Bertz CT molecular complexity index is 5400. The minimum atomic E-state index is -0.874. The average Bonchev–Trinajstić information content (AvgIpc) is 1.65. The number of esters is 2. The van der Waals surface area contributed by atoms with E-state index < -0.39 is 18.0 Å². The Morgan fingerprint density at radius 3 is 1.14 bits per heavy atom. The predicted molar refractivity (Wildman–Crippen MR) is 458 cm³/mol. The number of para-hydroxylation sites is 3. The van der Waals surface area contributed by atoms with Crippen molar-refractivity contribution in [1.82, 2.24) is 18.3 Å². The number of phenolic OH excluding ortho intramolecular Hbond substituents is 6. The number of hydrogen-bond acceptors (Lipinski definition) is 16. The van der Waals surface area contributed by atoms with Gasteiger partial charge in [-0.15, -0.1) is 0 Å². The Labute approximate surface area is 678 Å². The largest absolute Gasteiger partial charge is 0.507 e. The molecule has 0 aliphatic heterocycles. The summed E-state index contributed by atoms with van der Waals surface area (Å²) in [7, 11) is 4.77. The number of aliphatic hydroxyl groups excluding tert-OH is 4. The third-order valence-corrected chi connectivity index (χ3v) is 21.3. The van der Waals surface area contributed by atoms with E-state index in [1.54, 1.807) is 87.0 Å². The second kappa shape index (κ2) is 42.6. The van der Waals surface area contributed by atoms with Crippen molar-refractivity contribution in [2.45, 2.75) is 163 Å². The zero-order valence-corrected chi connectivity index (χ0v) is 67.7. The van der Waals surface area contributed by atoms with Crippen LogP contribution in [-0.4, -0.2) is 135 Å². The van der Waals surface area contributed by atoms with Crippen LogP contribution in [0, 0.1) is 0 Å². The normalized spacial score (nSPS) is 11.4. The van der Waals surface area contributed by atoms with E-state index in [0.717, 1.165) is 171 Å². The molecule has 116 heavy (non-hydrogen) atoms. The van der Waals surface area contributed by atoms with Crippen LogP contribution in [0.25, 0.3) is 43.6 Å². The molecule has 0 spiro atoms. The lowest BCUT2D eigenvalue weighted by Crippen LogP contribution is -2.20. The van der Waals surface area contributed by atoms with Gasteiger partial charge in [-0.3, -0.25) is 0 Å². The molecule has 13 rings (SSSR count). The Hall–Kier alpha value is -11.7. The van der Waals surface area contributed by atoms with Crippen LogP contribution in [0.2, 0.25) is 0 Å². The first-order valence-corrected chi connectivity index (χ1v) is 40.3. The number of carbonyl (C=O) groups excluding carboxylic acids is 2. The molecule has 612 valence electrons. The first kappa shape index (κ1) is 86.7. The van der Waals surface area contributed by atoms with Crippen LogP contribution in [0.15, 0.2) is 195 Å². The number of nitrogens with zero attached hydrogens (tertiary/aromatic N) is 4. The van der Waals surface area contributed by atoms with Crippen molar-refractivity contribution in [2.75, 3.05) is 47.8 Å². The quantitative estimate of drug-likeness (QED) is 0.0168. The zero-order chi connectivity index (χ0) is 82.8. The van der Waals surface area contributed by atoms with Crippen molar-refractivity contribution in [1.29, 1.82) is 0 Å². The Morgan fingerprint density at radius 2 is 0.733 bits per heavy atom. The number of phenols is 6. The fourth-order valence-electron chi connectivity index (χ4n) is 15.1. The number of unbranched alkanes of at least 4 members (excludes halogenated alkanes) is 4. The molecule has 1 atom stereocenters. The molecule has 0 radical (unpaired) electrons. The van der Waals surface area contributed by atoms with E-state index in [2.05, 4.69) is 56.7 Å². The minimum Gasteiger partial charge on any atom is -0.507 e. The van der Waals surface area contributed by atoms with Crippen molar-refractivity contribution in [3.63, 3.8) is 0 Å². The fourth-order valence-corrected chi connectivity index (χ4v) is 15.1. The maximum Gasteiger partial charge on any atom is 0.338 e. The van der Waals surface area contributed by atoms with E-state index in [1.165, 1.54) is 18.1 Å². The van der Waals surface area contributed by atoms with Gasteiger partial charge in [0.05, 0.1) is 87.0 Å². The maximum atomic E-state index is 12.2. The van der Waals surface area contributed by atoms with Gasteiger partial charge in [0.15, 0.2) is 0 Å². The molecule has 9 aromatic carbocycles. The predicted octanol–water partition coefficient (Wildman–Crippen LogP) is 17.5. The second-order valence-electron chi connectivity index (χ2n) is 29.2. The van der Waals surface area contributed by atoms with Crippen LogP contribution in [0.4, 0.5) is 0 Å². The third-order valence-electron chi connectivity index (χ3n) is 21.3. The molecule has 0 amide bonds. The van der Waals surface area contributed by atoms with Gasteiger partial charge in [0, 0.05) is 94.6 Å². The van der Waals surface area contributed by atoms with Gasteiger partial charge in [-0.1, -0.05) is 150 Å². The highest BCUT2D eigenvalue weighted by Crippen LogP contribution is 2.40. The molecule has 10 N–H and O–H groups in total. The molecule has 1 unspecified atom stereocenters. The highest BCUT2D eigenvalue weighted by molar-refractivity contribution is 5.96. The minimum absolute atomic E-state index is 0.0232. The molecule has 0 aliphatic carbocycles. The summed E-state index contributed by atoms with van der Waals surface area (Å²) in [5, 5.41) is 106. The summed E-state index contributed by atoms with van der Waals surface area (Å²) < 4.78 is 29.7. The standard InChI is InChI=1S/C29H31NO5.C23H27NO5.C23H29NO3.C21H25NO3/c1-2-3-9-20-14-15-27(32)25(28(20)33)18-30-17-22(24-12-7-8-13-26(24)30)16-23(31)19-35-29(34)21-10-5-4-6-11-21;1-3-4-5-15-7-9-21(26)19(22(15)27)14-24-13-17(10-11-25)18-12-16(23(28)29-2)6-8-20(18)24;1-4-5-8-17-11-12-22(26-2)20(23(17)27-3)16-24-15-18(13-14-25)19-9-6-7-10-21(19)24;1-2-3-6-15-9-10-20(24)18(21(15)25)14-22-13-16(11-12-23)17-7-4-5-8-19(17)22/h4-8,10-15,17,23,31-33H,2-3,9,16,18-19H2,1H3;6-9,12-13,25-27H,3-5,10-11,14H2,1-2H3;6-7,9-12,15,25H,4-5,8,13-14,16H2,1-3H3;4-5,7-10,13,23-25H,2-3,6,11-12,14H2,1H3. The Balaban J connectivity index is 0.000000165. The van der Waals surface area contributed by atoms with Crippen molar-refractivity contribution in [3.8, 4) is 46.0 Å². The monoisotopic (exact) mass is 1580 g/mol.